The molecule has 1 unspecified atom stereocenters. The van der Waals surface area contributed by atoms with Crippen LogP contribution in [0.2, 0.25) is 5.02 Å². The van der Waals surface area contributed by atoms with Crippen molar-refractivity contribution in [1.29, 1.82) is 0 Å². The molecule has 0 saturated carbocycles. The Balaban J connectivity index is 2.41. The zero-order valence-electron chi connectivity index (χ0n) is 10.5. The molecule has 0 amide bonds. The topological polar surface area (TPSA) is 21.3 Å². The molecule has 0 aliphatic heterocycles. The molecule has 17 heavy (non-hydrogen) atoms. The normalized spacial score (nSPS) is 12.8. The van der Waals surface area contributed by atoms with Crippen molar-refractivity contribution in [3.63, 3.8) is 0 Å². The fourth-order valence-corrected chi connectivity index (χ4v) is 1.83. The minimum Gasteiger partial charge on any atom is -0.492 e. The van der Waals surface area contributed by atoms with Crippen LogP contribution in [0, 0.1) is 5.92 Å². The van der Waals surface area contributed by atoms with E-state index in [0.717, 1.165) is 16.8 Å². The van der Waals surface area contributed by atoms with E-state index in [1.807, 2.05) is 18.2 Å². The summed E-state index contributed by atoms with van der Waals surface area (Å²) in [4.78, 5) is 0. The maximum absolute atomic E-state index is 6.05. The Morgan fingerprint density at radius 3 is 2.71 bits per heavy atom. The third-order valence-corrected chi connectivity index (χ3v) is 3.10. The van der Waals surface area contributed by atoms with Crippen LogP contribution in [-0.2, 0) is 0 Å². The molecule has 0 aliphatic rings. The van der Waals surface area contributed by atoms with E-state index in [0.29, 0.717) is 23.6 Å². The third-order valence-electron chi connectivity index (χ3n) is 2.29. The molecule has 1 rings (SSSR count). The lowest BCUT2D eigenvalue weighted by Gasteiger charge is -2.16. The van der Waals surface area contributed by atoms with Crippen LogP contribution in [0.3, 0.4) is 0 Å². The summed E-state index contributed by atoms with van der Waals surface area (Å²) in [7, 11) is 0. The van der Waals surface area contributed by atoms with E-state index >= 15 is 0 Å². The second kappa shape index (κ2) is 7.24. The van der Waals surface area contributed by atoms with Crippen molar-refractivity contribution in [2.45, 2.75) is 26.8 Å². The molecule has 0 heterocycles. The van der Waals surface area contributed by atoms with Crippen LogP contribution in [0.1, 0.15) is 20.8 Å². The molecule has 0 aromatic heterocycles. The number of benzene rings is 1. The van der Waals surface area contributed by atoms with Crippen molar-refractivity contribution in [1.82, 2.24) is 5.32 Å². The van der Waals surface area contributed by atoms with Crippen LogP contribution in [0.15, 0.2) is 22.7 Å². The predicted octanol–water partition coefficient (Wildman–Crippen LogP) is 4.12. The molecule has 96 valence electrons. The molecule has 1 aromatic rings. The molecule has 1 aromatic carbocycles. The average Bonchev–Trinajstić information content (AvgIpc) is 2.27. The highest BCUT2D eigenvalue weighted by Gasteiger charge is 2.07. The van der Waals surface area contributed by atoms with Crippen LogP contribution in [0.4, 0.5) is 0 Å². The Labute approximate surface area is 117 Å². The summed E-state index contributed by atoms with van der Waals surface area (Å²) in [5.41, 5.74) is 0. The number of ether oxygens (including phenoxy) is 1. The van der Waals surface area contributed by atoms with Crippen LogP contribution in [0.25, 0.3) is 0 Å². The number of hydrogen-bond acceptors (Lipinski definition) is 2. The third kappa shape index (κ3) is 5.75. The summed E-state index contributed by atoms with van der Waals surface area (Å²) < 4.78 is 6.69. The van der Waals surface area contributed by atoms with Crippen molar-refractivity contribution >= 4 is 27.5 Å². The van der Waals surface area contributed by atoms with Crippen molar-refractivity contribution in [2.24, 2.45) is 5.92 Å². The van der Waals surface area contributed by atoms with E-state index in [9.17, 15) is 0 Å². The molecular weight excluding hydrogens is 302 g/mol. The summed E-state index contributed by atoms with van der Waals surface area (Å²) in [6.07, 6.45) is 0. The van der Waals surface area contributed by atoms with Gasteiger partial charge in [-0.2, -0.15) is 0 Å². The first-order valence-electron chi connectivity index (χ1n) is 5.80. The molecule has 0 fully saturated rings. The molecule has 0 spiro atoms. The zero-order chi connectivity index (χ0) is 12.8. The van der Waals surface area contributed by atoms with Gasteiger partial charge in [-0.1, -0.05) is 48.3 Å². The fraction of sp³-hybridized carbons (Fsp3) is 0.538. The fourth-order valence-electron chi connectivity index (χ4n) is 1.32. The van der Waals surface area contributed by atoms with Crippen LogP contribution in [-0.4, -0.2) is 19.2 Å². The quantitative estimate of drug-likeness (QED) is 0.851. The maximum Gasteiger partial charge on any atom is 0.139 e. The molecule has 0 radical (unpaired) electrons. The van der Waals surface area contributed by atoms with Crippen LogP contribution >= 0.6 is 27.5 Å². The van der Waals surface area contributed by atoms with Gasteiger partial charge >= 0.3 is 0 Å². The summed E-state index contributed by atoms with van der Waals surface area (Å²) in [6.45, 7) is 8.04. The van der Waals surface area contributed by atoms with E-state index in [1.165, 1.54) is 0 Å². The maximum atomic E-state index is 6.05. The lowest BCUT2D eigenvalue weighted by Crippen LogP contribution is -2.30. The number of nitrogens with one attached hydrogen (secondary N) is 1. The van der Waals surface area contributed by atoms with Crippen LogP contribution < -0.4 is 10.1 Å². The van der Waals surface area contributed by atoms with Crippen LogP contribution in [0.5, 0.6) is 5.75 Å². The Kier molecular flexibility index (Phi) is 6.31. The minimum atomic E-state index is 0.451. The van der Waals surface area contributed by atoms with Gasteiger partial charge in [-0.3, -0.25) is 0 Å². The second-order valence-corrected chi connectivity index (χ2v) is 5.88. The molecule has 1 N–H and O–H groups in total. The summed E-state index contributed by atoms with van der Waals surface area (Å²) in [5, 5.41) is 4.04. The van der Waals surface area contributed by atoms with Gasteiger partial charge in [-0.15, -0.1) is 0 Å². The lowest BCUT2D eigenvalue weighted by atomic mass is 10.2. The first-order chi connectivity index (χ1) is 7.99. The van der Waals surface area contributed by atoms with Crippen molar-refractivity contribution in [3.8, 4) is 5.75 Å². The van der Waals surface area contributed by atoms with E-state index in [2.05, 4.69) is 42.0 Å². The lowest BCUT2D eigenvalue weighted by molar-refractivity contribution is 0.253. The Morgan fingerprint density at radius 2 is 2.06 bits per heavy atom. The largest absolute Gasteiger partial charge is 0.492 e. The molecule has 0 saturated heterocycles. The Morgan fingerprint density at radius 1 is 1.35 bits per heavy atom. The van der Waals surface area contributed by atoms with E-state index < -0.39 is 0 Å². The summed E-state index contributed by atoms with van der Waals surface area (Å²) >= 11 is 9.45. The van der Waals surface area contributed by atoms with Gasteiger partial charge in [0.05, 0.1) is 11.6 Å². The summed E-state index contributed by atoms with van der Waals surface area (Å²) in [6, 6.07) is 6.13. The van der Waals surface area contributed by atoms with Crippen molar-refractivity contribution in [3.05, 3.63) is 27.7 Å². The monoisotopic (exact) mass is 319 g/mol. The highest BCUT2D eigenvalue weighted by atomic mass is 79.9. The second-order valence-electron chi connectivity index (χ2n) is 4.55. The van der Waals surface area contributed by atoms with Gasteiger partial charge in [-0.05, 0) is 18.2 Å². The van der Waals surface area contributed by atoms with Crippen molar-refractivity contribution < 1.29 is 4.74 Å². The highest BCUT2D eigenvalue weighted by molar-refractivity contribution is 9.10. The van der Waals surface area contributed by atoms with Gasteiger partial charge in [0.25, 0.3) is 0 Å². The predicted molar refractivity (Wildman–Crippen MR) is 76.9 cm³/mol. The first-order valence-corrected chi connectivity index (χ1v) is 6.97. The van der Waals surface area contributed by atoms with Gasteiger partial charge < -0.3 is 10.1 Å². The standard InChI is InChI=1S/C13H19BrClNO/c1-9(2)16-7-10(3)8-17-13-6-11(14)4-5-12(13)15/h4-6,9-10,16H,7-8H2,1-3H3. The molecule has 0 aliphatic carbocycles. The summed E-state index contributed by atoms with van der Waals surface area (Å²) in [5.74, 6) is 1.19. The van der Waals surface area contributed by atoms with E-state index in [-0.39, 0.29) is 0 Å². The first kappa shape index (κ1) is 14.8. The molecular formula is C13H19BrClNO. The van der Waals surface area contributed by atoms with E-state index in [1.54, 1.807) is 0 Å². The SMILES string of the molecule is CC(CNC(C)C)COc1cc(Br)ccc1Cl. The minimum absolute atomic E-state index is 0.451. The smallest absolute Gasteiger partial charge is 0.139 e. The number of halogens is 2. The highest BCUT2D eigenvalue weighted by Crippen LogP contribution is 2.28. The Bertz CT molecular complexity index is 357. The average molecular weight is 321 g/mol. The number of rotatable bonds is 6. The van der Waals surface area contributed by atoms with Gasteiger partial charge in [0, 0.05) is 23.0 Å². The molecule has 1 atom stereocenters. The van der Waals surface area contributed by atoms with Gasteiger partial charge in [0.2, 0.25) is 0 Å². The van der Waals surface area contributed by atoms with E-state index in [4.69, 9.17) is 16.3 Å². The Hall–Kier alpha value is -0.250. The molecule has 4 heteroatoms. The molecule has 0 bridgehead atoms. The van der Waals surface area contributed by atoms with Gasteiger partial charge in [0.15, 0.2) is 0 Å². The number of hydrogen-bond donors (Lipinski definition) is 1. The zero-order valence-corrected chi connectivity index (χ0v) is 12.8. The van der Waals surface area contributed by atoms with Gasteiger partial charge in [0.1, 0.15) is 5.75 Å². The van der Waals surface area contributed by atoms with Crippen molar-refractivity contribution in [2.75, 3.05) is 13.2 Å². The van der Waals surface area contributed by atoms with Gasteiger partial charge in [-0.25, -0.2) is 0 Å². The molecule has 2 nitrogen and oxygen atoms in total.